The molecule has 2 aromatic heterocycles. The van der Waals surface area contributed by atoms with Crippen molar-refractivity contribution in [1.29, 1.82) is 0 Å². The molecule has 0 bridgehead atoms. The number of para-hydroxylation sites is 1. The molecule has 1 atom stereocenters. The third kappa shape index (κ3) is 3.23. The SMILES string of the molecule is O=C(N[C@@H](c1ccccn1)C1CC(O)C1)c1ccccc1-n1cccn1. The van der Waals surface area contributed by atoms with Gasteiger partial charge < -0.3 is 10.4 Å². The van der Waals surface area contributed by atoms with Crippen molar-refractivity contribution >= 4 is 5.91 Å². The summed E-state index contributed by atoms with van der Waals surface area (Å²) in [5.74, 6) is 0.00820. The van der Waals surface area contributed by atoms with E-state index in [0.29, 0.717) is 18.4 Å². The van der Waals surface area contributed by atoms with Crippen LogP contribution in [0.1, 0.15) is 34.9 Å². The van der Waals surface area contributed by atoms with Gasteiger partial charge in [0.15, 0.2) is 0 Å². The highest BCUT2D eigenvalue weighted by Gasteiger charge is 2.36. The van der Waals surface area contributed by atoms with Crippen LogP contribution in [-0.2, 0) is 0 Å². The van der Waals surface area contributed by atoms with Crippen LogP contribution in [0.5, 0.6) is 0 Å². The van der Waals surface area contributed by atoms with Crippen molar-refractivity contribution in [2.45, 2.75) is 25.0 Å². The smallest absolute Gasteiger partial charge is 0.254 e. The molecule has 1 aliphatic carbocycles. The van der Waals surface area contributed by atoms with E-state index in [4.69, 9.17) is 0 Å². The standard InChI is InChI=1S/C20H20N4O2/c25-15-12-14(13-15)19(17-7-3-4-9-21-17)23-20(26)16-6-1-2-8-18(16)24-11-5-10-22-24/h1-11,14-15,19,25H,12-13H2,(H,23,26)/t14?,15?,19-/m1/s1. The summed E-state index contributed by atoms with van der Waals surface area (Å²) in [5, 5.41) is 17.0. The number of rotatable bonds is 5. The molecule has 132 valence electrons. The summed E-state index contributed by atoms with van der Waals surface area (Å²) in [6, 6.07) is 14.6. The molecule has 1 saturated carbocycles. The molecule has 1 aromatic carbocycles. The van der Waals surface area contributed by atoms with Gasteiger partial charge in [0, 0.05) is 18.6 Å². The zero-order valence-electron chi connectivity index (χ0n) is 14.2. The number of carbonyl (C=O) groups is 1. The highest BCUT2D eigenvalue weighted by molar-refractivity contribution is 5.98. The number of benzene rings is 1. The topological polar surface area (TPSA) is 80.0 Å². The third-order valence-corrected chi connectivity index (χ3v) is 4.81. The van der Waals surface area contributed by atoms with Crippen molar-refractivity contribution in [3.63, 3.8) is 0 Å². The third-order valence-electron chi connectivity index (χ3n) is 4.81. The molecule has 6 heteroatoms. The van der Waals surface area contributed by atoms with E-state index >= 15 is 0 Å². The molecule has 0 radical (unpaired) electrons. The fourth-order valence-electron chi connectivity index (χ4n) is 3.39. The molecule has 1 amide bonds. The fourth-order valence-corrected chi connectivity index (χ4v) is 3.39. The van der Waals surface area contributed by atoms with Crippen molar-refractivity contribution in [3.05, 3.63) is 78.4 Å². The lowest BCUT2D eigenvalue weighted by Gasteiger charge is -2.37. The number of hydrogen-bond donors (Lipinski definition) is 2. The number of aromatic nitrogens is 3. The van der Waals surface area contributed by atoms with Gasteiger partial charge in [0.25, 0.3) is 5.91 Å². The Morgan fingerprint density at radius 3 is 2.62 bits per heavy atom. The molecule has 0 spiro atoms. The van der Waals surface area contributed by atoms with E-state index in [9.17, 15) is 9.90 Å². The second-order valence-corrected chi connectivity index (χ2v) is 6.56. The molecule has 0 aliphatic heterocycles. The first kappa shape index (κ1) is 16.5. The average Bonchev–Trinajstić information content (AvgIpc) is 3.19. The molecular formula is C20H20N4O2. The van der Waals surface area contributed by atoms with Crippen LogP contribution in [0.2, 0.25) is 0 Å². The number of nitrogens with zero attached hydrogens (tertiary/aromatic N) is 3. The molecule has 2 N–H and O–H groups in total. The Morgan fingerprint density at radius 1 is 1.12 bits per heavy atom. The Balaban J connectivity index is 1.62. The van der Waals surface area contributed by atoms with E-state index < -0.39 is 0 Å². The summed E-state index contributed by atoms with van der Waals surface area (Å²) in [6.07, 6.45) is 6.26. The minimum Gasteiger partial charge on any atom is -0.393 e. The second kappa shape index (κ2) is 7.09. The minimum atomic E-state index is -0.292. The van der Waals surface area contributed by atoms with Crippen LogP contribution < -0.4 is 5.32 Å². The molecule has 2 heterocycles. The van der Waals surface area contributed by atoms with Crippen LogP contribution in [0.4, 0.5) is 0 Å². The van der Waals surface area contributed by atoms with Gasteiger partial charge in [0.05, 0.1) is 29.1 Å². The summed E-state index contributed by atoms with van der Waals surface area (Å²) in [6.45, 7) is 0. The Morgan fingerprint density at radius 2 is 1.92 bits per heavy atom. The van der Waals surface area contributed by atoms with Crippen LogP contribution in [0.25, 0.3) is 5.69 Å². The first-order chi connectivity index (χ1) is 12.7. The van der Waals surface area contributed by atoms with Crippen LogP contribution in [0, 0.1) is 5.92 Å². The lowest BCUT2D eigenvalue weighted by molar-refractivity contribution is 0.0228. The summed E-state index contributed by atoms with van der Waals surface area (Å²) in [5.41, 5.74) is 2.09. The van der Waals surface area contributed by atoms with Gasteiger partial charge in [0.1, 0.15) is 0 Å². The highest BCUT2D eigenvalue weighted by atomic mass is 16.3. The van der Waals surface area contributed by atoms with Crippen molar-refractivity contribution in [3.8, 4) is 5.69 Å². The predicted molar refractivity (Wildman–Crippen MR) is 96.7 cm³/mol. The zero-order valence-corrected chi connectivity index (χ0v) is 14.2. The maximum atomic E-state index is 13.0. The van der Waals surface area contributed by atoms with Crippen molar-refractivity contribution < 1.29 is 9.90 Å². The molecule has 0 saturated heterocycles. The van der Waals surface area contributed by atoms with Gasteiger partial charge in [-0.25, -0.2) is 4.68 Å². The van der Waals surface area contributed by atoms with Crippen LogP contribution in [0.15, 0.2) is 67.1 Å². The monoisotopic (exact) mass is 348 g/mol. The van der Waals surface area contributed by atoms with Crippen LogP contribution in [0.3, 0.4) is 0 Å². The van der Waals surface area contributed by atoms with Gasteiger partial charge in [0.2, 0.25) is 0 Å². The molecule has 4 rings (SSSR count). The quantitative estimate of drug-likeness (QED) is 0.742. The molecule has 6 nitrogen and oxygen atoms in total. The van der Waals surface area contributed by atoms with Crippen LogP contribution in [-0.4, -0.2) is 31.9 Å². The lowest BCUT2D eigenvalue weighted by atomic mass is 9.76. The number of aliphatic hydroxyl groups is 1. The number of aliphatic hydroxyl groups excluding tert-OH is 1. The van der Waals surface area contributed by atoms with Gasteiger partial charge in [-0.15, -0.1) is 0 Å². The Bertz CT molecular complexity index is 874. The molecule has 1 fully saturated rings. The van der Waals surface area contributed by atoms with Gasteiger partial charge in [-0.3, -0.25) is 9.78 Å². The lowest BCUT2D eigenvalue weighted by Crippen LogP contribution is -2.42. The normalized spacial score (nSPS) is 20.2. The van der Waals surface area contributed by atoms with Gasteiger partial charge in [-0.1, -0.05) is 18.2 Å². The number of carbonyl (C=O) groups excluding carboxylic acids is 1. The van der Waals surface area contributed by atoms with Gasteiger partial charge in [-0.2, -0.15) is 5.10 Å². The summed E-state index contributed by atoms with van der Waals surface area (Å²) in [4.78, 5) is 17.4. The maximum Gasteiger partial charge on any atom is 0.254 e. The van der Waals surface area contributed by atoms with Crippen molar-refractivity contribution in [2.75, 3.05) is 0 Å². The number of nitrogens with one attached hydrogen (secondary N) is 1. The first-order valence-corrected chi connectivity index (χ1v) is 8.71. The summed E-state index contributed by atoms with van der Waals surface area (Å²) >= 11 is 0. The van der Waals surface area contributed by atoms with E-state index in [1.807, 2.05) is 48.7 Å². The van der Waals surface area contributed by atoms with E-state index in [1.54, 1.807) is 23.1 Å². The first-order valence-electron chi connectivity index (χ1n) is 8.71. The largest absolute Gasteiger partial charge is 0.393 e. The molecule has 26 heavy (non-hydrogen) atoms. The zero-order chi connectivity index (χ0) is 17.9. The molecule has 3 aromatic rings. The van der Waals surface area contributed by atoms with Crippen LogP contribution >= 0.6 is 0 Å². The number of pyridine rings is 1. The van der Waals surface area contributed by atoms with E-state index in [1.165, 1.54) is 0 Å². The second-order valence-electron chi connectivity index (χ2n) is 6.56. The number of hydrogen-bond acceptors (Lipinski definition) is 4. The molecular weight excluding hydrogens is 328 g/mol. The van der Waals surface area contributed by atoms with E-state index in [-0.39, 0.29) is 24.0 Å². The average molecular weight is 348 g/mol. The Hall–Kier alpha value is -2.99. The maximum absolute atomic E-state index is 13.0. The van der Waals surface area contributed by atoms with Gasteiger partial charge >= 0.3 is 0 Å². The molecule has 1 aliphatic rings. The number of amides is 1. The van der Waals surface area contributed by atoms with Crippen molar-refractivity contribution in [1.82, 2.24) is 20.1 Å². The summed E-state index contributed by atoms with van der Waals surface area (Å²) in [7, 11) is 0. The highest BCUT2D eigenvalue weighted by Crippen LogP contribution is 2.37. The van der Waals surface area contributed by atoms with E-state index in [0.717, 1.165) is 11.4 Å². The summed E-state index contributed by atoms with van der Waals surface area (Å²) < 4.78 is 1.68. The minimum absolute atomic E-state index is 0.173. The van der Waals surface area contributed by atoms with E-state index in [2.05, 4.69) is 15.4 Å². The predicted octanol–water partition coefficient (Wildman–Crippen LogP) is 2.51. The Kier molecular flexibility index (Phi) is 4.50. The van der Waals surface area contributed by atoms with Gasteiger partial charge in [-0.05, 0) is 49.1 Å². The fraction of sp³-hybridized carbons (Fsp3) is 0.250. The van der Waals surface area contributed by atoms with Crippen molar-refractivity contribution in [2.24, 2.45) is 5.92 Å². The Labute approximate surface area is 151 Å². The molecule has 0 unspecified atom stereocenters.